The van der Waals surface area contributed by atoms with Gasteiger partial charge in [-0.1, -0.05) is 0 Å². The fraction of sp³-hybridized carbons (Fsp3) is 0.125. The van der Waals surface area contributed by atoms with Crippen LogP contribution in [0.4, 0.5) is 0 Å². The van der Waals surface area contributed by atoms with E-state index in [9.17, 15) is 9.59 Å². The number of hydrogen-bond donors (Lipinski definition) is 0. The predicted molar refractivity (Wildman–Crippen MR) is 91.4 cm³/mol. The van der Waals surface area contributed by atoms with E-state index in [1.807, 2.05) is 60.7 Å². The zero-order valence-corrected chi connectivity index (χ0v) is 15.2. The van der Waals surface area contributed by atoms with Gasteiger partial charge in [-0.2, -0.15) is 0 Å². The maximum absolute atomic E-state index is 11.9. The Morgan fingerprint density at radius 3 is 1.33 bits per heavy atom. The number of Topliss-reactive ketones (excluding diaryl/α,β-unsaturated/α-hetero) is 2. The summed E-state index contributed by atoms with van der Waals surface area (Å²) in [6.07, 6.45) is 0. The van der Waals surface area contributed by atoms with Crippen LogP contribution in [0.3, 0.4) is 0 Å². The summed E-state index contributed by atoms with van der Waals surface area (Å²) in [6.45, 7) is 0. The van der Waals surface area contributed by atoms with Crippen molar-refractivity contribution in [2.75, 3.05) is 0 Å². The number of benzene rings is 2. The average molecular weight is 439 g/mol. The molecular weight excluding hydrogens is 423 g/mol. The Balaban J connectivity index is 0.00000200. The molecule has 2 aromatic rings. The van der Waals surface area contributed by atoms with Crippen LogP contribution in [0.5, 0.6) is 0 Å². The topological polar surface area (TPSA) is 34.1 Å². The first kappa shape index (κ1) is 20.1. The molecule has 0 aliphatic carbocycles. The van der Waals surface area contributed by atoms with E-state index in [2.05, 4.69) is 0 Å². The van der Waals surface area contributed by atoms with E-state index < -0.39 is 20.9 Å². The van der Waals surface area contributed by atoms with Crippen molar-refractivity contribution in [2.45, 2.75) is 8.94 Å². The molecule has 2 nitrogen and oxygen atoms in total. The fourth-order valence-electron chi connectivity index (χ4n) is 1.65. The molecule has 0 saturated heterocycles. The first-order valence-electron chi connectivity index (χ1n) is 6.01. The molecule has 0 fully saturated rings. The van der Waals surface area contributed by atoms with Crippen LogP contribution in [0.15, 0.2) is 60.7 Å². The monoisotopic (exact) mass is 440 g/mol. The molecule has 0 heterocycles. The minimum atomic E-state index is -0.589. The summed E-state index contributed by atoms with van der Waals surface area (Å²) in [7, 11) is 0. The molecule has 0 N–H and O–H groups in total. The molecule has 0 aliphatic rings. The van der Waals surface area contributed by atoms with Crippen LogP contribution in [0.1, 0.15) is 20.7 Å². The minimum absolute atomic E-state index is 0. The Kier molecular flexibility index (Phi) is 10.4. The number of ketones is 2. The Morgan fingerprint density at radius 1 is 0.667 bits per heavy atom. The summed E-state index contributed by atoms with van der Waals surface area (Å²) in [5, 5.41) is 0. The van der Waals surface area contributed by atoms with Crippen molar-refractivity contribution < 1.29 is 9.59 Å². The second-order valence-corrected chi connectivity index (χ2v) is 6.88. The maximum atomic E-state index is 11.9. The molecule has 2 aromatic carbocycles. The van der Waals surface area contributed by atoms with E-state index in [-0.39, 0.29) is 36.4 Å². The molecule has 21 heavy (non-hydrogen) atoms. The van der Waals surface area contributed by atoms with Gasteiger partial charge >= 0.3 is 123 Å². The van der Waals surface area contributed by atoms with Crippen molar-refractivity contribution in [1.82, 2.24) is 0 Å². The van der Waals surface area contributed by atoms with Crippen LogP contribution in [0.2, 0.25) is 8.94 Å². The van der Waals surface area contributed by atoms with Crippen LogP contribution < -0.4 is 0 Å². The van der Waals surface area contributed by atoms with Gasteiger partial charge in [0, 0.05) is 0 Å². The van der Waals surface area contributed by atoms with E-state index in [0.29, 0.717) is 8.94 Å². The third-order valence-electron chi connectivity index (χ3n) is 2.66. The van der Waals surface area contributed by atoms with Crippen molar-refractivity contribution in [3.05, 3.63) is 71.8 Å². The molecule has 2 rings (SSSR count). The molecule has 0 amide bonds. The van der Waals surface area contributed by atoms with Crippen molar-refractivity contribution in [1.29, 1.82) is 0 Å². The van der Waals surface area contributed by atoms with Crippen molar-refractivity contribution in [3.8, 4) is 0 Å². The van der Waals surface area contributed by atoms with E-state index in [1.165, 1.54) is 0 Å². The average Bonchev–Trinajstić information content (AvgIpc) is 2.49. The van der Waals surface area contributed by atoms with Gasteiger partial charge in [0.25, 0.3) is 0 Å². The van der Waals surface area contributed by atoms with Gasteiger partial charge in [0.1, 0.15) is 0 Å². The second kappa shape index (κ2) is 10.8. The molecule has 0 aromatic heterocycles. The van der Waals surface area contributed by atoms with Gasteiger partial charge in [-0.25, -0.2) is 0 Å². The number of halogens is 2. The molecule has 0 radical (unpaired) electrons. The molecule has 112 valence electrons. The van der Waals surface area contributed by atoms with Crippen LogP contribution >= 0.6 is 24.8 Å². The third-order valence-corrected chi connectivity index (χ3v) is 5.32. The molecule has 0 atom stereocenters. The quantitative estimate of drug-likeness (QED) is 0.502. The molecule has 0 aliphatic heterocycles. The van der Waals surface area contributed by atoms with E-state index in [0.717, 1.165) is 11.1 Å². The van der Waals surface area contributed by atoms with Crippen LogP contribution in [-0.4, -0.2) is 32.5 Å². The van der Waals surface area contributed by atoms with Gasteiger partial charge in [0.2, 0.25) is 0 Å². The standard InChI is InChI=1S/C16H14O2Te.2ClH/c17-15(13-7-3-1-4-8-13)11-19-12-16(18)14-9-5-2-6-10-14;;/h1-10H,11-12H2;2*1H. The fourth-order valence-corrected chi connectivity index (χ4v) is 3.95. The Labute approximate surface area is 147 Å². The van der Waals surface area contributed by atoms with Crippen molar-refractivity contribution in [3.63, 3.8) is 0 Å². The van der Waals surface area contributed by atoms with Crippen molar-refractivity contribution in [2.24, 2.45) is 0 Å². The zero-order chi connectivity index (χ0) is 13.5. The summed E-state index contributed by atoms with van der Waals surface area (Å²) in [5.74, 6) is 0.313. The Morgan fingerprint density at radius 2 is 1.00 bits per heavy atom. The number of carbonyl (C=O) groups is 2. The molecule has 0 saturated carbocycles. The second-order valence-electron chi connectivity index (χ2n) is 4.07. The molecule has 0 bridgehead atoms. The SMILES string of the molecule is Cl.Cl.O=C(C[Te]CC(=O)c1ccccc1)c1ccccc1. The zero-order valence-electron chi connectivity index (χ0n) is 11.2. The molecule has 5 heteroatoms. The van der Waals surface area contributed by atoms with E-state index in [4.69, 9.17) is 0 Å². The first-order valence-corrected chi connectivity index (χ1v) is 9.31. The van der Waals surface area contributed by atoms with Crippen molar-refractivity contribution >= 4 is 57.3 Å². The normalized spacial score (nSPS) is 9.14. The summed E-state index contributed by atoms with van der Waals surface area (Å²) < 4.78 is 1.10. The van der Waals surface area contributed by atoms with Crippen LogP contribution in [-0.2, 0) is 0 Å². The third kappa shape index (κ3) is 6.63. The summed E-state index contributed by atoms with van der Waals surface area (Å²) in [4.78, 5) is 23.8. The van der Waals surface area contributed by atoms with Gasteiger partial charge in [0.15, 0.2) is 0 Å². The summed E-state index contributed by atoms with van der Waals surface area (Å²) in [6, 6.07) is 18.6. The van der Waals surface area contributed by atoms with Crippen LogP contribution in [0.25, 0.3) is 0 Å². The van der Waals surface area contributed by atoms with Gasteiger partial charge < -0.3 is 0 Å². The molecule has 0 spiro atoms. The van der Waals surface area contributed by atoms with Gasteiger partial charge in [-0.3, -0.25) is 0 Å². The number of hydrogen-bond acceptors (Lipinski definition) is 2. The number of carbonyl (C=O) groups excluding carboxylic acids is 2. The van der Waals surface area contributed by atoms with E-state index >= 15 is 0 Å². The number of rotatable bonds is 6. The first-order chi connectivity index (χ1) is 9.27. The molecular formula is C16H16Cl2O2Te. The van der Waals surface area contributed by atoms with Gasteiger partial charge in [-0.15, -0.1) is 24.8 Å². The molecule has 0 unspecified atom stereocenters. The van der Waals surface area contributed by atoms with E-state index in [1.54, 1.807) is 0 Å². The van der Waals surface area contributed by atoms with Crippen LogP contribution in [0, 0.1) is 0 Å². The van der Waals surface area contributed by atoms with Gasteiger partial charge in [-0.05, 0) is 0 Å². The van der Waals surface area contributed by atoms with Gasteiger partial charge in [0.05, 0.1) is 0 Å². The Bertz CT molecular complexity index is 508. The predicted octanol–water partition coefficient (Wildman–Crippen LogP) is 4.14. The summed E-state index contributed by atoms with van der Waals surface area (Å²) in [5.41, 5.74) is 1.50. The Hall–Kier alpha value is -0.850. The summed E-state index contributed by atoms with van der Waals surface area (Å²) >= 11 is -0.589.